The summed E-state index contributed by atoms with van der Waals surface area (Å²) in [5.74, 6) is -1.78. The molecule has 1 aliphatic heterocycles. The van der Waals surface area contributed by atoms with E-state index in [2.05, 4.69) is 9.97 Å². The Morgan fingerprint density at radius 1 is 1.20 bits per heavy atom. The van der Waals surface area contributed by atoms with E-state index < -0.39 is 39.4 Å². The molecule has 0 amide bonds. The maximum absolute atomic E-state index is 13.8. The number of carbonyl (C=O) groups excluding carboxylic acids is 1. The molecule has 3 rings (SSSR count). The van der Waals surface area contributed by atoms with Crippen molar-refractivity contribution in [3.8, 4) is 11.3 Å². The second-order valence-electron chi connectivity index (χ2n) is 11.7. The zero-order valence-electron chi connectivity index (χ0n) is 24.7. The van der Waals surface area contributed by atoms with Crippen molar-refractivity contribution in [2.75, 3.05) is 17.6 Å². The number of aromatic nitrogens is 2. The SMILES string of the molecule is CC(C)c1nc(N(C)S(C)(=O)=O)nc(-c2ccc(F)cc2)c1C=CC1CC(CC(=O)OC(C)(C)C)OC(C)(C)O1. The van der Waals surface area contributed by atoms with Gasteiger partial charge in [0.25, 0.3) is 0 Å². The number of carbonyl (C=O) groups is 1. The third kappa shape index (κ3) is 8.55. The molecular formula is C29H40FN3O6S. The monoisotopic (exact) mass is 577 g/mol. The van der Waals surface area contributed by atoms with Gasteiger partial charge >= 0.3 is 5.97 Å². The van der Waals surface area contributed by atoms with Crippen LogP contribution < -0.4 is 4.31 Å². The predicted molar refractivity (Wildman–Crippen MR) is 153 cm³/mol. The molecule has 1 aliphatic rings. The third-order valence-electron chi connectivity index (χ3n) is 6.08. The summed E-state index contributed by atoms with van der Waals surface area (Å²) in [6.07, 6.45) is 4.46. The van der Waals surface area contributed by atoms with E-state index in [1.165, 1.54) is 19.2 Å². The summed E-state index contributed by atoms with van der Waals surface area (Å²) < 4.78 is 57.0. The Labute approximate surface area is 236 Å². The largest absolute Gasteiger partial charge is 0.460 e. The molecule has 0 N–H and O–H groups in total. The molecule has 1 saturated heterocycles. The lowest BCUT2D eigenvalue weighted by Crippen LogP contribution is -2.45. The molecular weight excluding hydrogens is 537 g/mol. The lowest BCUT2D eigenvalue weighted by atomic mass is 9.97. The molecule has 2 heterocycles. The highest BCUT2D eigenvalue weighted by Crippen LogP contribution is 2.34. The van der Waals surface area contributed by atoms with Gasteiger partial charge in [0.1, 0.15) is 11.4 Å². The molecule has 2 aromatic rings. The van der Waals surface area contributed by atoms with Gasteiger partial charge in [-0.2, -0.15) is 0 Å². The number of esters is 1. The van der Waals surface area contributed by atoms with Crippen LogP contribution in [0.5, 0.6) is 0 Å². The van der Waals surface area contributed by atoms with Gasteiger partial charge in [-0.25, -0.2) is 27.1 Å². The summed E-state index contributed by atoms with van der Waals surface area (Å²) in [5, 5.41) is 0. The minimum atomic E-state index is -3.63. The van der Waals surface area contributed by atoms with Crippen molar-refractivity contribution in [1.29, 1.82) is 0 Å². The van der Waals surface area contributed by atoms with Crippen LogP contribution in [0.1, 0.15) is 78.5 Å². The van der Waals surface area contributed by atoms with Crippen LogP contribution in [0, 0.1) is 5.82 Å². The molecule has 1 aromatic carbocycles. The summed E-state index contributed by atoms with van der Waals surface area (Å²) >= 11 is 0. The molecule has 220 valence electrons. The molecule has 1 fully saturated rings. The van der Waals surface area contributed by atoms with Crippen LogP contribution in [0.25, 0.3) is 17.3 Å². The Morgan fingerprint density at radius 2 is 1.82 bits per heavy atom. The van der Waals surface area contributed by atoms with Crippen molar-refractivity contribution in [1.82, 2.24) is 9.97 Å². The molecule has 2 unspecified atom stereocenters. The van der Waals surface area contributed by atoms with Gasteiger partial charge in [0.15, 0.2) is 5.79 Å². The molecule has 1 aromatic heterocycles. The minimum Gasteiger partial charge on any atom is -0.460 e. The Balaban J connectivity index is 2.04. The second kappa shape index (κ2) is 11.9. The first kappa shape index (κ1) is 31.6. The highest BCUT2D eigenvalue weighted by Gasteiger charge is 2.36. The molecule has 11 heteroatoms. The molecule has 0 radical (unpaired) electrons. The second-order valence-corrected chi connectivity index (χ2v) is 13.8. The first-order chi connectivity index (χ1) is 18.3. The van der Waals surface area contributed by atoms with Gasteiger partial charge in [-0.15, -0.1) is 0 Å². The molecule has 9 nitrogen and oxygen atoms in total. The highest BCUT2D eigenvalue weighted by atomic mass is 32.2. The smallest absolute Gasteiger partial charge is 0.308 e. The van der Waals surface area contributed by atoms with Crippen molar-refractivity contribution < 1.29 is 31.8 Å². The lowest BCUT2D eigenvalue weighted by Gasteiger charge is -2.39. The Kier molecular flexibility index (Phi) is 9.43. The number of benzene rings is 1. The summed E-state index contributed by atoms with van der Waals surface area (Å²) in [6.45, 7) is 12.9. The predicted octanol–water partition coefficient (Wildman–Crippen LogP) is 5.46. The van der Waals surface area contributed by atoms with Gasteiger partial charge in [0.2, 0.25) is 16.0 Å². The Bertz CT molecular complexity index is 1350. The van der Waals surface area contributed by atoms with E-state index in [-0.39, 0.29) is 24.3 Å². The third-order valence-corrected chi connectivity index (χ3v) is 7.24. The molecule has 0 spiro atoms. The number of hydrogen-bond acceptors (Lipinski definition) is 8. The zero-order valence-corrected chi connectivity index (χ0v) is 25.5. The topological polar surface area (TPSA) is 108 Å². The standard InChI is InChI=1S/C29H40FN3O6S/c1-18(2)25-23(15-14-21-16-22(38-29(6,7)37-21)17-24(34)39-28(3,4)5)26(19-10-12-20(30)13-11-19)32-27(31-25)33(8)40(9,35)36/h10-15,18,21-22H,16-17H2,1-9H3. The van der Waals surface area contributed by atoms with Gasteiger partial charge in [-0.3, -0.25) is 4.79 Å². The van der Waals surface area contributed by atoms with Crippen LogP contribution in [0.3, 0.4) is 0 Å². The molecule has 0 bridgehead atoms. The van der Waals surface area contributed by atoms with Gasteiger partial charge in [0.05, 0.1) is 36.3 Å². The minimum absolute atomic E-state index is 0.0172. The summed E-state index contributed by atoms with van der Waals surface area (Å²) in [4.78, 5) is 21.7. The molecule has 0 aliphatic carbocycles. The van der Waals surface area contributed by atoms with E-state index in [0.717, 1.165) is 10.6 Å². The maximum atomic E-state index is 13.8. The Hall–Kier alpha value is -2.89. The van der Waals surface area contributed by atoms with E-state index in [0.29, 0.717) is 28.9 Å². The average molecular weight is 578 g/mol. The fourth-order valence-corrected chi connectivity index (χ4v) is 4.74. The van der Waals surface area contributed by atoms with E-state index in [1.807, 2.05) is 46.8 Å². The maximum Gasteiger partial charge on any atom is 0.308 e. The van der Waals surface area contributed by atoms with Crippen LogP contribution >= 0.6 is 0 Å². The number of halogens is 1. The summed E-state index contributed by atoms with van der Waals surface area (Å²) in [5.41, 5.74) is 1.73. The van der Waals surface area contributed by atoms with Crippen LogP contribution in [-0.2, 0) is 29.0 Å². The van der Waals surface area contributed by atoms with E-state index in [4.69, 9.17) is 14.2 Å². The first-order valence-electron chi connectivity index (χ1n) is 13.2. The number of ether oxygens (including phenoxy) is 3. The average Bonchev–Trinajstić information content (AvgIpc) is 2.79. The van der Waals surface area contributed by atoms with Crippen LogP contribution in [0.15, 0.2) is 30.3 Å². The number of rotatable bonds is 8. The Morgan fingerprint density at radius 3 is 2.38 bits per heavy atom. The molecule has 0 saturated carbocycles. The van der Waals surface area contributed by atoms with Crippen LogP contribution in [0.4, 0.5) is 10.3 Å². The highest BCUT2D eigenvalue weighted by molar-refractivity contribution is 7.92. The van der Waals surface area contributed by atoms with E-state index in [9.17, 15) is 17.6 Å². The quantitative estimate of drug-likeness (QED) is 0.381. The number of nitrogens with zero attached hydrogens (tertiary/aromatic N) is 3. The van der Waals surface area contributed by atoms with Crippen molar-refractivity contribution in [2.45, 2.75) is 90.8 Å². The molecule has 40 heavy (non-hydrogen) atoms. The van der Waals surface area contributed by atoms with Gasteiger partial charge in [0, 0.05) is 24.6 Å². The van der Waals surface area contributed by atoms with Crippen molar-refractivity contribution >= 4 is 28.0 Å². The fraction of sp³-hybridized carbons (Fsp3) is 0.552. The van der Waals surface area contributed by atoms with E-state index >= 15 is 0 Å². The van der Waals surface area contributed by atoms with Gasteiger partial charge < -0.3 is 14.2 Å². The van der Waals surface area contributed by atoms with Crippen LogP contribution in [0.2, 0.25) is 0 Å². The number of anilines is 1. The molecule has 2 atom stereocenters. The summed E-state index contributed by atoms with van der Waals surface area (Å²) in [6, 6.07) is 5.83. The zero-order chi connectivity index (χ0) is 30.0. The van der Waals surface area contributed by atoms with Crippen molar-refractivity contribution in [3.63, 3.8) is 0 Å². The van der Waals surface area contributed by atoms with Crippen LogP contribution in [-0.4, -0.2) is 61.3 Å². The van der Waals surface area contributed by atoms with Gasteiger partial charge in [-0.1, -0.05) is 26.0 Å². The van der Waals surface area contributed by atoms with E-state index in [1.54, 1.807) is 26.0 Å². The van der Waals surface area contributed by atoms with Crippen molar-refractivity contribution in [3.05, 3.63) is 47.4 Å². The number of hydrogen-bond donors (Lipinski definition) is 0. The summed E-state index contributed by atoms with van der Waals surface area (Å²) in [7, 11) is -2.24. The first-order valence-corrected chi connectivity index (χ1v) is 15.1. The van der Waals surface area contributed by atoms with Gasteiger partial charge in [-0.05, 0) is 64.8 Å². The lowest BCUT2D eigenvalue weighted by molar-refractivity contribution is -0.290. The van der Waals surface area contributed by atoms with Crippen molar-refractivity contribution in [2.24, 2.45) is 0 Å². The normalized spacial score (nSPS) is 19.7. The fourth-order valence-electron chi connectivity index (χ4n) is 4.36. The number of sulfonamides is 1.